The molecule has 2 aromatic rings. The second kappa shape index (κ2) is 7.92. The van der Waals surface area contributed by atoms with E-state index in [0.29, 0.717) is 6.42 Å². The van der Waals surface area contributed by atoms with Crippen LogP contribution in [0.3, 0.4) is 0 Å². The van der Waals surface area contributed by atoms with Gasteiger partial charge in [-0.2, -0.15) is 0 Å². The van der Waals surface area contributed by atoms with Gasteiger partial charge in [0.2, 0.25) is 6.79 Å². The highest BCUT2D eigenvalue weighted by Crippen LogP contribution is 2.32. The van der Waals surface area contributed by atoms with Crippen molar-refractivity contribution >= 4 is 15.7 Å². The standard InChI is InChI=1S/C19H24N4O4S/c1-2-11-28(24,25)19-6-5-18(20-21-19)23-9-7-22(8-10-23)13-15-3-4-16-17(12-15)27-14-26-16/h3-6,12H,2,7-11,13-14H2,1H3. The summed E-state index contributed by atoms with van der Waals surface area (Å²) < 4.78 is 34.9. The first-order chi connectivity index (χ1) is 13.5. The molecule has 0 spiro atoms. The smallest absolute Gasteiger partial charge is 0.231 e. The molecule has 28 heavy (non-hydrogen) atoms. The Hall–Kier alpha value is -2.39. The van der Waals surface area contributed by atoms with Crippen LogP contribution in [0.5, 0.6) is 11.5 Å². The number of benzene rings is 1. The number of ether oxygens (including phenoxy) is 2. The zero-order valence-corrected chi connectivity index (χ0v) is 16.7. The van der Waals surface area contributed by atoms with Gasteiger partial charge in [-0.05, 0) is 36.2 Å². The molecule has 0 saturated carbocycles. The number of fused-ring (bicyclic) bond motifs is 1. The van der Waals surface area contributed by atoms with Gasteiger partial charge in [-0.15, -0.1) is 10.2 Å². The molecule has 9 heteroatoms. The maximum Gasteiger partial charge on any atom is 0.231 e. The van der Waals surface area contributed by atoms with Crippen molar-refractivity contribution in [3.63, 3.8) is 0 Å². The Morgan fingerprint density at radius 1 is 1.00 bits per heavy atom. The highest BCUT2D eigenvalue weighted by Gasteiger charge is 2.21. The zero-order valence-electron chi connectivity index (χ0n) is 15.9. The van der Waals surface area contributed by atoms with E-state index in [1.165, 1.54) is 5.56 Å². The van der Waals surface area contributed by atoms with Crippen LogP contribution in [0.1, 0.15) is 18.9 Å². The van der Waals surface area contributed by atoms with E-state index in [1.807, 2.05) is 19.1 Å². The maximum absolute atomic E-state index is 12.1. The van der Waals surface area contributed by atoms with Crippen LogP contribution in [-0.4, -0.2) is 62.2 Å². The molecular formula is C19H24N4O4S. The monoisotopic (exact) mass is 404 g/mol. The highest BCUT2D eigenvalue weighted by molar-refractivity contribution is 7.91. The molecule has 1 aromatic carbocycles. The second-order valence-corrected chi connectivity index (χ2v) is 9.06. The van der Waals surface area contributed by atoms with E-state index in [2.05, 4.69) is 26.1 Å². The van der Waals surface area contributed by atoms with Gasteiger partial charge in [0.05, 0.1) is 5.75 Å². The molecule has 1 aromatic heterocycles. The molecule has 0 amide bonds. The molecule has 2 aliphatic rings. The summed E-state index contributed by atoms with van der Waals surface area (Å²) in [5.41, 5.74) is 1.20. The molecule has 8 nitrogen and oxygen atoms in total. The number of sulfone groups is 1. The summed E-state index contributed by atoms with van der Waals surface area (Å²) >= 11 is 0. The van der Waals surface area contributed by atoms with E-state index in [0.717, 1.165) is 50.0 Å². The fraction of sp³-hybridized carbons (Fsp3) is 0.474. The van der Waals surface area contributed by atoms with Gasteiger partial charge in [-0.1, -0.05) is 13.0 Å². The number of aromatic nitrogens is 2. The predicted octanol–water partition coefficient (Wildman–Crippen LogP) is 1.71. The number of nitrogens with zero attached hydrogens (tertiary/aromatic N) is 4. The lowest BCUT2D eigenvalue weighted by Crippen LogP contribution is -2.46. The highest BCUT2D eigenvalue weighted by atomic mass is 32.2. The Bertz CT molecular complexity index is 925. The molecule has 0 unspecified atom stereocenters. The van der Waals surface area contributed by atoms with E-state index in [-0.39, 0.29) is 17.6 Å². The van der Waals surface area contributed by atoms with Crippen molar-refractivity contribution in [2.75, 3.05) is 43.6 Å². The molecule has 1 saturated heterocycles. The van der Waals surface area contributed by atoms with E-state index in [9.17, 15) is 8.42 Å². The summed E-state index contributed by atoms with van der Waals surface area (Å²) in [4.78, 5) is 4.51. The molecule has 150 valence electrons. The van der Waals surface area contributed by atoms with Crippen molar-refractivity contribution < 1.29 is 17.9 Å². The van der Waals surface area contributed by atoms with Gasteiger partial charge in [-0.3, -0.25) is 4.90 Å². The second-order valence-electron chi connectivity index (χ2n) is 7.00. The number of hydrogen-bond acceptors (Lipinski definition) is 8. The van der Waals surface area contributed by atoms with E-state index < -0.39 is 9.84 Å². The third-order valence-electron chi connectivity index (χ3n) is 4.96. The lowest BCUT2D eigenvalue weighted by Gasteiger charge is -2.35. The number of hydrogen-bond donors (Lipinski definition) is 0. The molecule has 1 fully saturated rings. The average Bonchev–Trinajstić information content (AvgIpc) is 3.17. The Kier molecular flexibility index (Phi) is 5.36. The summed E-state index contributed by atoms with van der Waals surface area (Å²) in [7, 11) is -3.33. The van der Waals surface area contributed by atoms with Crippen molar-refractivity contribution in [3.8, 4) is 11.5 Å². The molecule has 2 aliphatic heterocycles. The molecule has 0 aliphatic carbocycles. The van der Waals surface area contributed by atoms with Gasteiger partial charge >= 0.3 is 0 Å². The Balaban J connectivity index is 1.34. The minimum Gasteiger partial charge on any atom is -0.454 e. The van der Waals surface area contributed by atoms with E-state index >= 15 is 0 Å². The quantitative estimate of drug-likeness (QED) is 0.719. The van der Waals surface area contributed by atoms with Gasteiger partial charge in [0, 0.05) is 32.7 Å². The van der Waals surface area contributed by atoms with Gasteiger partial charge in [0.25, 0.3) is 0 Å². The van der Waals surface area contributed by atoms with Crippen molar-refractivity contribution in [1.82, 2.24) is 15.1 Å². The largest absolute Gasteiger partial charge is 0.454 e. The molecule has 0 atom stereocenters. The van der Waals surface area contributed by atoms with Crippen molar-refractivity contribution in [2.45, 2.75) is 24.9 Å². The third-order valence-corrected chi connectivity index (χ3v) is 6.76. The minimum atomic E-state index is -3.33. The van der Waals surface area contributed by atoms with Crippen LogP contribution in [0.15, 0.2) is 35.4 Å². The first kappa shape index (κ1) is 18.9. The minimum absolute atomic E-state index is 0.0551. The van der Waals surface area contributed by atoms with Crippen LogP contribution in [0.4, 0.5) is 5.82 Å². The topological polar surface area (TPSA) is 84.9 Å². The van der Waals surface area contributed by atoms with Crippen LogP contribution in [-0.2, 0) is 16.4 Å². The lowest BCUT2D eigenvalue weighted by atomic mass is 10.1. The van der Waals surface area contributed by atoms with Crippen LogP contribution in [0.2, 0.25) is 0 Å². The average molecular weight is 404 g/mol. The third kappa shape index (κ3) is 4.05. The summed E-state index contributed by atoms with van der Waals surface area (Å²) in [6.07, 6.45) is 0.567. The van der Waals surface area contributed by atoms with E-state index in [1.54, 1.807) is 12.1 Å². The number of anilines is 1. The summed E-state index contributed by atoms with van der Waals surface area (Å²) in [6.45, 7) is 6.41. The first-order valence-corrected chi connectivity index (χ1v) is 11.1. The molecule has 0 bridgehead atoms. The molecule has 4 rings (SSSR count). The molecular weight excluding hydrogens is 380 g/mol. The lowest BCUT2D eigenvalue weighted by molar-refractivity contribution is 0.174. The summed E-state index contributed by atoms with van der Waals surface area (Å²) in [5, 5.41) is 8.15. The SMILES string of the molecule is CCCS(=O)(=O)c1ccc(N2CCN(Cc3ccc4c(c3)OCO4)CC2)nn1. The number of piperazine rings is 1. The van der Waals surface area contributed by atoms with Gasteiger partial charge in [0.15, 0.2) is 32.2 Å². The zero-order chi connectivity index (χ0) is 19.6. The first-order valence-electron chi connectivity index (χ1n) is 9.47. The van der Waals surface area contributed by atoms with Gasteiger partial charge < -0.3 is 14.4 Å². The van der Waals surface area contributed by atoms with Crippen LogP contribution in [0.25, 0.3) is 0 Å². The van der Waals surface area contributed by atoms with Crippen LogP contribution >= 0.6 is 0 Å². The number of rotatable bonds is 6. The van der Waals surface area contributed by atoms with Crippen LogP contribution in [0, 0.1) is 0 Å². The van der Waals surface area contributed by atoms with Crippen molar-refractivity contribution in [3.05, 3.63) is 35.9 Å². The Labute approximate surface area is 165 Å². The normalized spacial score (nSPS) is 17.1. The van der Waals surface area contributed by atoms with Gasteiger partial charge in [0.1, 0.15) is 0 Å². The molecule has 0 radical (unpaired) electrons. The maximum atomic E-state index is 12.1. The van der Waals surface area contributed by atoms with Gasteiger partial charge in [-0.25, -0.2) is 8.42 Å². The summed E-state index contributed by atoms with van der Waals surface area (Å²) in [6, 6.07) is 9.38. The fourth-order valence-corrected chi connectivity index (χ4v) is 4.64. The van der Waals surface area contributed by atoms with Crippen molar-refractivity contribution in [2.24, 2.45) is 0 Å². The Morgan fingerprint density at radius 3 is 2.50 bits per heavy atom. The predicted molar refractivity (Wildman–Crippen MR) is 104 cm³/mol. The fourth-order valence-electron chi connectivity index (χ4n) is 3.45. The van der Waals surface area contributed by atoms with Crippen molar-refractivity contribution in [1.29, 1.82) is 0 Å². The summed E-state index contributed by atoms with van der Waals surface area (Å²) in [5.74, 6) is 2.43. The Morgan fingerprint density at radius 2 is 1.79 bits per heavy atom. The molecule has 0 N–H and O–H groups in total. The van der Waals surface area contributed by atoms with E-state index in [4.69, 9.17) is 9.47 Å². The molecule has 3 heterocycles. The van der Waals surface area contributed by atoms with Crippen LogP contribution < -0.4 is 14.4 Å².